The van der Waals surface area contributed by atoms with Crippen molar-refractivity contribution in [2.45, 2.75) is 39.5 Å². The van der Waals surface area contributed by atoms with Gasteiger partial charge in [-0.2, -0.15) is 0 Å². The minimum Gasteiger partial charge on any atom is -0.361 e. The molecule has 1 saturated carbocycles. The van der Waals surface area contributed by atoms with E-state index in [2.05, 4.69) is 39.9 Å². The summed E-state index contributed by atoms with van der Waals surface area (Å²) in [6.45, 7) is 6.86. The van der Waals surface area contributed by atoms with Crippen molar-refractivity contribution < 1.29 is 4.79 Å². The smallest absolute Gasteiger partial charge is 0.239 e. The van der Waals surface area contributed by atoms with Gasteiger partial charge in [0.05, 0.1) is 6.54 Å². The van der Waals surface area contributed by atoms with Crippen molar-refractivity contribution in [3.8, 4) is 0 Å². The fourth-order valence-corrected chi connectivity index (χ4v) is 1.92. The maximum Gasteiger partial charge on any atom is 0.239 e. The number of hydrogen-bond acceptors (Lipinski definition) is 6. The summed E-state index contributed by atoms with van der Waals surface area (Å²) in [5, 5.41) is 5.94. The fourth-order valence-electron chi connectivity index (χ4n) is 1.92. The SMILES string of the molecule is Cc1c(NN)nc(C2CC2)nc1NCC(=O)NCC(C)C. The summed E-state index contributed by atoms with van der Waals surface area (Å²) < 4.78 is 0. The Morgan fingerprint density at radius 2 is 2.00 bits per heavy atom. The molecular weight excluding hydrogens is 268 g/mol. The highest BCUT2D eigenvalue weighted by atomic mass is 16.1. The van der Waals surface area contributed by atoms with E-state index >= 15 is 0 Å². The van der Waals surface area contributed by atoms with Crippen LogP contribution in [0.25, 0.3) is 0 Å². The predicted molar refractivity (Wildman–Crippen MR) is 82.9 cm³/mol. The lowest BCUT2D eigenvalue weighted by Gasteiger charge is -2.14. The van der Waals surface area contributed by atoms with Crippen LogP contribution in [-0.4, -0.2) is 29.0 Å². The van der Waals surface area contributed by atoms with Gasteiger partial charge in [-0.15, -0.1) is 0 Å². The van der Waals surface area contributed by atoms with E-state index in [0.29, 0.717) is 30.0 Å². The van der Waals surface area contributed by atoms with Gasteiger partial charge in [-0.05, 0) is 25.7 Å². The molecule has 0 bridgehead atoms. The Bertz CT molecular complexity index is 512. The van der Waals surface area contributed by atoms with Crippen molar-refractivity contribution in [2.75, 3.05) is 23.8 Å². The molecule has 0 atom stereocenters. The third-order valence-electron chi connectivity index (χ3n) is 3.37. The molecule has 0 aromatic carbocycles. The second kappa shape index (κ2) is 6.71. The van der Waals surface area contributed by atoms with Crippen LogP contribution < -0.4 is 21.9 Å². The van der Waals surface area contributed by atoms with Crippen LogP contribution in [0.3, 0.4) is 0 Å². The number of carbonyl (C=O) groups excluding carboxylic acids is 1. The third kappa shape index (κ3) is 4.29. The zero-order valence-electron chi connectivity index (χ0n) is 12.9. The Morgan fingerprint density at radius 3 is 2.57 bits per heavy atom. The average molecular weight is 292 g/mol. The second-order valence-corrected chi connectivity index (χ2v) is 5.87. The van der Waals surface area contributed by atoms with Crippen LogP contribution in [0.2, 0.25) is 0 Å². The van der Waals surface area contributed by atoms with Crippen LogP contribution in [-0.2, 0) is 4.79 Å². The highest BCUT2D eigenvalue weighted by molar-refractivity contribution is 5.80. The van der Waals surface area contributed by atoms with E-state index in [4.69, 9.17) is 5.84 Å². The minimum atomic E-state index is -0.0445. The summed E-state index contributed by atoms with van der Waals surface area (Å²) in [7, 11) is 0. The zero-order chi connectivity index (χ0) is 15.4. The van der Waals surface area contributed by atoms with Crippen molar-refractivity contribution in [3.63, 3.8) is 0 Å². The number of aromatic nitrogens is 2. The molecule has 7 heteroatoms. The van der Waals surface area contributed by atoms with Gasteiger partial charge in [0.15, 0.2) is 0 Å². The van der Waals surface area contributed by atoms with Crippen molar-refractivity contribution >= 4 is 17.5 Å². The van der Waals surface area contributed by atoms with Crippen molar-refractivity contribution in [1.29, 1.82) is 0 Å². The van der Waals surface area contributed by atoms with Crippen molar-refractivity contribution in [1.82, 2.24) is 15.3 Å². The molecule has 1 amide bonds. The average Bonchev–Trinajstić information content (AvgIpc) is 3.28. The van der Waals surface area contributed by atoms with E-state index in [1.54, 1.807) is 0 Å². The zero-order valence-corrected chi connectivity index (χ0v) is 12.9. The molecule has 5 N–H and O–H groups in total. The van der Waals surface area contributed by atoms with E-state index in [-0.39, 0.29) is 12.5 Å². The first-order chi connectivity index (χ1) is 10.0. The van der Waals surface area contributed by atoms with E-state index in [0.717, 1.165) is 24.2 Å². The number of amides is 1. The molecule has 0 saturated heterocycles. The number of carbonyl (C=O) groups is 1. The van der Waals surface area contributed by atoms with Gasteiger partial charge in [0, 0.05) is 18.0 Å². The first-order valence-electron chi connectivity index (χ1n) is 7.37. The standard InChI is InChI=1S/C14H24N6O/c1-8(2)6-16-11(21)7-17-12-9(3)13(20-15)19-14(18-12)10-4-5-10/h8,10H,4-7,15H2,1-3H3,(H,16,21)(H2,17,18,19,20). The van der Waals surface area contributed by atoms with Gasteiger partial charge in [-0.3, -0.25) is 4.79 Å². The number of hydrogen-bond donors (Lipinski definition) is 4. The summed E-state index contributed by atoms with van der Waals surface area (Å²) in [4.78, 5) is 20.7. The first-order valence-corrected chi connectivity index (χ1v) is 7.37. The Kier molecular flexibility index (Phi) is 4.95. The van der Waals surface area contributed by atoms with Crippen molar-refractivity contribution in [2.24, 2.45) is 11.8 Å². The highest BCUT2D eigenvalue weighted by Gasteiger charge is 2.28. The lowest BCUT2D eigenvalue weighted by molar-refractivity contribution is -0.119. The molecule has 1 aromatic heterocycles. The van der Waals surface area contributed by atoms with Crippen molar-refractivity contribution in [3.05, 3.63) is 11.4 Å². The second-order valence-electron chi connectivity index (χ2n) is 5.87. The van der Waals surface area contributed by atoms with Gasteiger partial charge in [-0.25, -0.2) is 15.8 Å². The van der Waals surface area contributed by atoms with Gasteiger partial charge in [-0.1, -0.05) is 13.8 Å². The largest absolute Gasteiger partial charge is 0.361 e. The predicted octanol–water partition coefficient (Wildman–Crippen LogP) is 1.13. The molecule has 1 aliphatic rings. The number of anilines is 2. The van der Waals surface area contributed by atoms with Crippen LogP contribution in [0.4, 0.5) is 11.6 Å². The summed E-state index contributed by atoms with van der Waals surface area (Å²) in [5.41, 5.74) is 3.41. The number of nitrogen functional groups attached to an aromatic ring is 1. The molecule has 21 heavy (non-hydrogen) atoms. The molecule has 1 aromatic rings. The maximum absolute atomic E-state index is 11.8. The Hall–Kier alpha value is -1.89. The number of rotatable bonds is 7. The topological polar surface area (TPSA) is 105 Å². The number of nitrogens with two attached hydrogens (primary N) is 1. The number of nitrogens with one attached hydrogen (secondary N) is 3. The molecule has 2 rings (SSSR count). The molecule has 1 aliphatic carbocycles. The summed E-state index contributed by atoms with van der Waals surface area (Å²) >= 11 is 0. The monoisotopic (exact) mass is 292 g/mol. The summed E-state index contributed by atoms with van der Waals surface area (Å²) in [6.07, 6.45) is 2.22. The van der Waals surface area contributed by atoms with Gasteiger partial charge < -0.3 is 16.1 Å². The van der Waals surface area contributed by atoms with E-state index in [9.17, 15) is 4.79 Å². The molecule has 0 aliphatic heterocycles. The first kappa shape index (κ1) is 15.5. The number of nitrogens with zero attached hydrogens (tertiary/aromatic N) is 2. The van der Waals surface area contributed by atoms with Crippen LogP contribution in [0.5, 0.6) is 0 Å². The molecule has 1 heterocycles. The highest BCUT2D eigenvalue weighted by Crippen LogP contribution is 2.39. The molecule has 0 radical (unpaired) electrons. The Balaban J connectivity index is 2.01. The fraction of sp³-hybridized carbons (Fsp3) is 0.643. The molecule has 1 fully saturated rings. The normalized spacial score (nSPS) is 14.1. The minimum absolute atomic E-state index is 0.0445. The summed E-state index contributed by atoms with van der Waals surface area (Å²) in [5.74, 6) is 8.38. The molecule has 0 unspecified atom stereocenters. The van der Waals surface area contributed by atoms with Gasteiger partial charge in [0.25, 0.3) is 0 Å². The lowest BCUT2D eigenvalue weighted by atomic mass is 10.2. The van der Waals surface area contributed by atoms with E-state index in [1.165, 1.54) is 0 Å². The molecular formula is C14H24N6O. The van der Waals surface area contributed by atoms with E-state index < -0.39 is 0 Å². The molecule has 7 nitrogen and oxygen atoms in total. The quantitative estimate of drug-likeness (QED) is 0.443. The van der Waals surface area contributed by atoms with Crippen LogP contribution in [0, 0.1) is 12.8 Å². The van der Waals surface area contributed by atoms with Crippen LogP contribution in [0.15, 0.2) is 0 Å². The van der Waals surface area contributed by atoms with Crippen LogP contribution >= 0.6 is 0 Å². The Labute approximate surface area is 125 Å². The van der Waals surface area contributed by atoms with Crippen LogP contribution in [0.1, 0.15) is 44.0 Å². The molecule has 0 spiro atoms. The van der Waals surface area contributed by atoms with Gasteiger partial charge >= 0.3 is 0 Å². The lowest BCUT2D eigenvalue weighted by Crippen LogP contribution is -2.33. The van der Waals surface area contributed by atoms with Gasteiger partial charge in [0.2, 0.25) is 5.91 Å². The van der Waals surface area contributed by atoms with E-state index in [1.807, 2.05) is 6.92 Å². The summed E-state index contributed by atoms with van der Waals surface area (Å²) in [6, 6.07) is 0. The third-order valence-corrected chi connectivity index (χ3v) is 3.37. The maximum atomic E-state index is 11.8. The Morgan fingerprint density at radius 1 is 1.33 bits per heavy atom. The van der Waals surface area contributed by atoms with Gasteiger partial charge in [0.1, 0.15) is 17.5 Å². The number of hydrazine groups is 1. The molecule has 116 valence electrons.